The fourth-order valence-corrected chi connectivity index (χ4v) is 4.46. The summed E-state index contributed by atoms with van der Waals surface area (Å²) in [5.41, 5.74) is 2.02. The number of carbonyl (C=O) groups excluding carboxylic acids is 1. The molecule has 2 saturated heterocycles. The fraction of sp³-hybridized carbons (Fsp3) is 0.591. The molecule has 0 bridgehead atoms. The number of ketones is 1. The van der Waals surface area contributed by atoms with E-state index in [0.717, 1.165) is 42.5 Å². The number of hydrogen-bond donors (Lipinski definition) is 3. The minimum absolute atomic E-state index is 0.237. The van der Waals surface area contributed by atoms with Gasteiger partial charge in [0.05, 0.1) is 5.69 Å². The number of fused-ring (bicyclic) bond motifs is 1. The Morgan fingerprint density at radius 2 is 2.00 bits per heavy atom. The molecule has 0 amide bonds. The molecule has 3 N–H and O–H groups in total. The summed E-state index contributed by atoms with van der Waals surface area (Å²) in [6.07, 6.45) is 2.32. The van der Waals surface area contributed by atoms with Crippen molar-refractivity contribution in [1.29, 1.82) is 0 Å². The third-order valence-electron chi connectivity index (χ3n) is 6.24. The second-order valence-corrected chi connectivity index (χ2v) is 8.65. The highest BCUT2D eigenvalue weighted by Gasteiger charge is 2.46. The van der Waals surface area contributed by atoms with Crippen LogP contribution in [0.5, 0.6) is 0 Å². The van der Waals surface area contributed by atoms with Gasteiger partial charge in [0.2, 0.25) is 5.78 Å². The number of anilines is 1. The number of aromatic nitrogens is 1. The molecule has 158 valence electrons. The minimum Gasteiger partial charge on any atom is -0.382 e. The van der Waals surface area contributed by atoms with Gasteiger partial charge in [0, 0.05) is 48.2 Å². The summed E-state index contributed by atoms with van der Waals surface area (Å²) in [6.45, 7) is 7.07. The highest BCUT2D eigenvalue weighted by molar-refractivity contribution is 6.03. The van der Waals surface area contributed by atoms with E-state index in [1.807, 2.05) is 18.2 Å². The van der Waals surface area contributed by atoms with Crippen molar-refractivity contribution in [3.63, 3.8) is 0 Å². The molecule has 2 aliphatic heterocycles. The summed E-state index contributed by atoms with van der Waals surface area (Å²) in [7, 11) is 0. The van der Waals surface area contributed by atoms with Gasteiger partial charge in [0.25, 0.3) is 5.92 Å². The molecule has 2 aliphatic rings. The number of Topliss-reactive ketones (excluding diaryl/α,β-unsaturated/α-hetero) is 1. The molecule has 2 fully saturated rings. The maximum Gasteiger partial charge on any atom is 0.270 e. The number of alkyl halides is 2. The largest absolute Gasteiger partial charge is 0.382 e. The zero-order valence-corrected chi connectivity index (χ0v) is 17.1. The zero-order chi connectivity index (χ0) is 20.6. The van der Waals surface area contributed by atoms with Crippen LogP contribution < -0.4 is 10.6 Å². The summed E-state index contributed by atoms with van der Waals surface area (Å²) in [4.78, 5) is 18.2. The van der Waals surface area contributed by atoms with Crippen LogP contribution >= 0.6 is 0 Å². The van der Waals surface area contributed by atoms with E-state index in [2.05, 4.69) is 34.4 Å². The molecule has 4 rings (SSSR count). The molecule has 1 atom stereocenters. The molecule has 29 heavy (non-hydrogen) atoms. The normalized spacial score (nSPS) is 23.6. The van der Waals surface area contributed by atoms with Gasteiger partial charge in [0.1, 0.15) is 6.04 Å². The molecule has 5 nitrogen and oxygen atoms in total. The van der Waals surface area contributed by atoms with Crippen LogP contribution in [0.25, 0.3) is 10.9 Å². The number of carbonyl (C=O) groups is 1. The summed E-state index contributed by atoms with van der Waals surface area (Å²) in [5.74, 6) is -3.58. The van der Waals surface area contributed by atoms with Crippen LogP contribution in [-0.4, -0.2) is 59.3 Å². The number of piperidine rings is 2. The SMILES string of the molecule is CC(C)N1CCC(Nc2ccc3[nH]c(C(=O)C4NCCCC4(F)F)cc3c2)CC1. The maximum absolute atomic E-state index is 14.2. The Morgan fingerprint density at radius 3 is 2.69 bits per heavy atom. The van der Waals surface area contributed by atoms with Crippen molar-refractivity contribution < 1.29 is 13.6 Å². The Bertz CT molecular complexity index is 871. The van der Waals surface area contributed by atoms with Gasteiger partial charge in [-0.3, -0.25) is 4.79 Å². The average Bonchev–Trinajstić information content (AvgIpc) is 3.11. The van der Waals surface area contributed by atoms with Crippen LogP contribution in [-0.2, 0) is 0 Å². The lowest BCUT2D eigenvalue weighted by atomic mass is 9.95. The second-order valence-electron chi connectivity index (χ2n) is 8.65. The lowest BCUT2D eigenvalue weighted by Crippen LogP contribution is -2.54. The molecule has 7 heteroatoms. The molecule has 3 heterocycles. The van der Waals surface area contributed by atoms with Crippen molar-refractivity contribution in [2.24, 2.45) is 0 Å². The third kappa shape index (κ3) is 4.31. The monoisotopic (exact) mass is 404 g/mol. The molecule has 0 aliphatic carbocycles. The van der Waals surface area contributed by atoms with Crippen LogP contribution in [0.4, 0.5) is 14.5 Å². The number of aromatic amines is 1. The summed E-state index contributed by atoms with van der Waals surface area (Å²) in [6, 6.07) is 7.12. The fourth-order valence-electron chi connectivity index (χ4n) is 4.46. The van der Waals surface area contributed by atoms with Gasteiger partial charge in [-0.05, 0) is 63.9 Å². The molecule has 0 saturated carbocycles. The van der Waals surface area contributed by atoms with Crippen LogP contribution in [0.3, 0.4) is 0 Å². The molecule has 0 radical (unpaired) electrons. The number of nitrogens with zero attached hydrogens (tertiary/aromatic N) is 1. The van der Waals surface area contributed by atoms with Gasteiger partial charge in [0.15, 0.2) is 0 Å². The van der Waals surface area contributed by atoms with Crippen LogP contribution in [0, 0.1) is 0 Å². The number of halogens is 2. The molecule has 1 unspecified atom stereocenters. The Morgan fingerprint density at radius 1 is 1.24 bits per heavy atom. The molecule has 1 aromatic carbocycles. The van der Waals surface area contributed by atoms with Gasteiger partial charge < -0.3 is 20.5 Å². The Labute approximate surface area is 170 Å². The standard InChI is InChI=1S/C22H30F2N4O/c1-14(2)28-10-6-16(7-11-28)26-17-4-5-18-15(12-17)13-19(27-18)20(29)21-22(23,24)8-3-9-25-21/h4-5,12-14,16,21,25-27H,3,6-11H2,1-2H3. The first-order valence-electron chi connectivity index (χ1n) is 10.6. The number of rotatable bonds is 5. The van der Waals surface area contributed by atoms with Gasteiger partial charge in [-0.15, -0.1) is 0 Å². The Balaban J connectivity index is 1.46. The van der Waals surface area contributed by atoms with E-state index in [9.17, 15) is 13.6 Å². The quantitative estimate of drug-likeness (QED) is 0.659. The summed E-state index contributed by atoms with van der Waals surface area (Å²) < 4.78 is 28.3. The second kappa shape index (κ2) is 8.03. The molecule has 2 aromatic rings. The van der Waals surface area contributed by atoms with E-state index in [0.29, 0.717) is 25.0 Å². The Kier molecular flexibility index (Phi) is 5.62. The van der Waals surface area contributed by atoms with Crippen LogP contribution in [0.2, 0.25) is 0 Å². The first-order chi connectivity index (χ1) is 13.8. The van der Waals surface area contributed by atoms with Crippen molar-refractivity contribution in [3.8, 4) is 0 Å². The lowest BCUT2D eigenvalue weighted by molar-refractivity contribution is -0.0498. The molecule has 0 spiro atoms. The maximum atomic E-state index is 14.2. The first-order valence-corrected chi connectivity index (χ1v) is 10.6. The van der Waals surface area contributed by atoms with Crippen molar-refractivity contribution in [3.05, 3.63) is 30.0 Å². The van der Waals surface area contributed by atoms with Crippen LogP contribution in [0.1, 0.15) is 50.0 Å². The number of benzene rings is 1. The van der Waals surface area contributed by atoms with E-state index in [1.54, 1.807) is 6.07 Å². The predicted octanol–water partition coefficient (Wildman–Crippen LogP) is 4.02. The van der Waals surface area contributed by atoms with Gasteiger partial charge in [-0.2, -0.15) is 0 Å². The highest BCUT2D eigenvalue weighted by atomic mass is 19.3. The molecular weight excluding hydrogens is 374 g/mol. The topological polar surface area (TPSA) is 60.2 Å². The predicted molar refractivity (Wildman–Crippen MR) is 112 cm³/mol. The zero-order valence-electron chi connectivity index (χ0n) is 17.1. The van der Waals surface area contributed by atoms with Gasteiger partial charge in [-0.25, -0.2) is 8.78 Å². The lowest BCUT2D eigenvalue weighted by Gasteiger charge is -2.35. The number of likely N-dealkylation sites (tertiary alicyclic amines) is 1. The van der Waals surface area contributed by atoms with E-state index in [4.69, 9.17) is 0 Å². The Hall–Kier alpha value is -1.99. The number of H-pyrrole nitrogens is 1. The van der Waals surface area contributed by atoms with E-state index >= 15 is 0 Å². The summed E-state index contributed by atoms with van der Waals surface area (Å²) in [5, 5.41) is 7.14. The van der Waals surface area contributed by atoms with Crippen LogP contribution in [0.15, 0.2) is 24.3 Å². The van der Waals surface area contributed by atoms with Crippen molar-refractivity contribution >= 4 is 22.4 Å². The highest BCUT2D eigenvalue weighted by Crippen LogP contribution is 2.31. The minimum atomic E-state index is -3.01. The average molecular weight is 405 g/mol. The van der Waals surface area contributed by atoms with Crippen molar-refractivity contribution in [1.82, 2.24) is 15.2 Å². The molecule has 1 aromatic heterocycles. The number of nitrogens with one attached hydrogen (secondary N) is 3. The van der Waals surface area contributed by atoms with Crippen molar-refractivity contribution in [2.45, 2.75) is 63.6 Å². The van der Waals surface area contributed by atoms with E-state index in [1.165, 1.54) is 0 Å². The first kappa shape index (κ1) is 20.3. The van der Waals surface area contributed by atoms with E-state index < -0.39 is 17.7 Å². The summed E-state index contributed by atoms with van der Waals surface area (Å²) >= 11 is 0. The smallest absolute Gasteiger partial charge is 0.270 e. The van der Waals surface area contributed by atoms with E-state index in [-0.39, 0.29) is 12.1 Å². The van der Waals surface area contributed by atoms with Gasteiger partial charge in [-0.1, -0.05) is 0 Å². The van der Waals surface area contributed by atoms with Crippen molar-refractivity contribution in [2.75, 3.05) is 25.0 Å². The number of hydrogen-bond acceptors (Lipinski definition) is 4. The van der Waals surface area contributed by atoms with Gasteiger partial charge >= 0.3 is 0 Å². The molecular formula is C22H30F2N4O. The third-order valence-corrected chi connectivity index (χ3v) is 6.24.